The minimum Gasteiger partial charge on any atom is -0.317 e. The van der Waals surface area contributed by atoms with E-state index in [0.29, 0.717) is 19.4 Å². The molecule has 0 aliphatic carbocycles. The smallest absolute Gasteiger partial charge is 0.317 e. The highest BCUT2D eigenvalue weighted by Crippen LogP contribution is 2.29. The number of urea groups is 1. The number of para-hydroxylation sites is 1. The first kappa shape index (κ1) is 14.3. The number of amides is 2. The van der Waals surface area contributed by atoms with Gasteiger partial charge in [-0.05, 0) is 17.7 Å². The molecule has 22 heavy (non-hydrogen) atoms. The van der Waals surface area contributed by atoms with Crippen LogP contribution in [0.15, 0.2) is 60.7 Å². The lowest BCUT2D eigenvalue weighted by Gasteiger charge is -2.35. The molecule has 0 radical (unpaired) electrons. The summed E-state index contributed by atoms with van der Waals surface area (Å²) in [7, 11) is 0. The number of piperidine rings is 1. The van der Waals surface area contributed by atoms with Gasteiger partial charge in [0.2, 0.25) is 0 Å². The molecule has 112 valence electrons. The van der Waals surface area contributed by atoms with Crippen LogP contribution < -0.4 is 5.32 Å². The molecule has 0 aromatic heterocycles. The molecule has 1 unspecified atom stereocenters. The monoisotopic (exact) mass is 294 g/mol. The van der Waals surface area contributed by atoms with E-state index >= 15 is 0 Å². The van der Waals surface area contributed by atoms with Gasteiger partial charge in [-0.1, -0.05) is 48.5 Å². The lowest BCUT2D eigenvalue weighted by molar-refractivity contribution is -0.122. The molecule has 0 saturated carbocycles. The first-order valence-electron chi connectivity index (χ1n) is 7.43. The van der Waals surface area contributed by atoms with Gasteiger partial charge in [-0.25, -0.2) is 4.79 Å². The molecule has 1 N–H and O–H groups in total. The molecule has 3 rings (SSSR count). The van der Waals surface area contributed by atoms with Crippen LogP contribution in [-0.2, 0) is 4.79 Å². The zero-order chi connectivity index (χ0) is 15.4. The van der Waals surface area contributed by atoms with Gasteiger partial charge in [0.15, 0.2) is 0 Å². The van der Waals surface area contributed by atoms with Gasteiger partial charge in [0.05, 0.1) is 6.04 Å². The van der Waals surface area contributed by atoms with Crippen LogP contribution >= 0.6 is 0 Å². The highest BCUT2D eigenvalue weighted by atomic mass is 16.2. The van der Waals surface area contributed by atoms with Crippen molar-refractivity contribution in [2.45, 2.75) is 18.9 Å². The molecule has 1 saturated heterocycles. The van der Waals surface area contributed by atoms with E-state index in [2.05, 4.69) is 5.32 Å². The minimum absolute atomic E-state index is 0.160. The van der Waals surface area contributed by atoms with Crippen LogP contribution in [0.1, 0.15) is 24.4 Å². The number of hydrogen-bond donors (Lipinski definition) is 1. The molecular formula is C18H18N2O2. The Kier molecular flexibility index (Phi) is 4.19. The van der Waals surface area contributed by atoms with E-state index in [1.807, 2.05) is 60.7 Å². The van der Waals surface area contributed by atoms with E-state index in [-0.39, 0.29) is 17.9 Å². The largest absolute Gasteiger partial charge is 0.322 e. The average Bonchev–Trinajstić information content (AvgIpc) is 2.56. The van der Waals surface area contributed by atoms with Crippen LogP contribution in [0.4, 0.5) is 10.5 Å². The minimum atomic E-state index is -0.189. The van der Waals surface area contributed by atoms with Gasteiger partial charge >= 0.3 is 6.03 Å². The van der Waals surface area contributed by atoms with Gasteiger partial charge in [-0.2, -0.15) is 0 Å². The number of hydrogen-bond acceptors (Lipinski definition) is 2. The van der Waals surface area contributed by atoms with E-state index in [1.165, 1.54) is 0 Å². The Bertz CT molecular complexity index is 655. The second-order valence-electron chi connectivity index (χ2n) is 5.41. The number of rotatable bonds is 2. The Hall–Kier alpha value is -2.62. The third-order valence-corrected chi connectivity index (χ3v) is 3.90. The molecule has 1 heterocycles. The Morgan fingerprint density at radius 3 is 2.32 bits per heavy atom. The summed E-state index contributed by atoms with van der Waals surface area (Å²) in [6.07, 6.45) is 0.803. The predicted molar refractivity (Wildman–Crippen MR) is 85.6 cm³/mol. The van der Waals surface area contributed by atoms with Crippen molar-refractivity contribution in [3.05, 3.63) is 66.2 Å². The first-order chi connectivity index (χ1) is 10.7. The summed E-state index contributed by atoms with van der Waals surface area (Å²) in [5, 5.41) is 2.90. The van der Waals surface area contributed by atoms with E-state index in [1.54, 1.807) is 4.90 Å². The molecular weight excluding hydrogens is 276 g/mol. The Balaban J connectivity index is 1.80. The Morgan fingerprint density at radius 2 is 1.64 bits per heavy atom. The van der Waals surface area contributed by atoms with E-state index in [4.69, 9.17) is 0 Å². The molecule has 1 aliphatic rings. The van der Waals surface area contributed by atoms with Gasteiger partial charge in [-0.15, -0.1) is 0 Å². The van der Waals surface area contributed by atoms with Crippen molar-refractivity contribution in [3.8, 4) is 0 Å². The molecule has 0 spiro atoms. The van der Waals surface area contributed by atoms with Crippen LogP contribution in [0.2, 0.25) is 0 Å². The van der Waals surface area contributed by atoms with Gasteiger partial charge < -0.3 is 10.2 Å². The fourth-order valence-electron chi connectivity index (χ4n) is 2.76. The van der Waals surface area contributed by atoms with Crippen molar-refractivity contribution in [2.24, 2.45) is 0 Å². The molecule has 1 atom stereocenters. The lowest BCUT2D eigenvalue weighted by Crippen LogP contribution is -2.43. The van der Waals surface area contributed by atoms with Crippen LogP contribution in [0.25, 0.3) is 0 Å². The summed E-state index contributed by atoms with van der Waals surface area (Å²) in [5.74, 6) is 0.206. The second kappa shape index (κ2) is 6.43. The van der Waals surface area contributed by atoms with Crippen molar-refractivity contribution < 1.29 is 9.59 Å². The number of Topliss-reactive ketones (excluding diaryl/α,β-unsaturated/α-hetero) is 1. The third-order valence-electron chi connectivity index (χ3n) is 3.90. The van der Waals surface area contributed by atoms with Gasteiger partial charge in [0, 0.05) is 25.1 Å². The number of anilines is 1. The number of ketones is 1. The van der Waals surface area contributed by atoms with Gasteiger partial charge in [0.1, 0.15) is 5.78 Å². The highest BCUT2D eigenvalue weighted by molar-refractivity contribution is 5.91. The third kappa shape index (κ3) is 3.17. The maximum atomic E-state index is 12.6. The summed E-state index contributed by atoms with van der Waals surface area (Å²) in [6, 6.07) is 18.7. The highest BCUT2D eigenvalue weighted by Gasteiger charge is 2.31. The maximum Gasteiger partial charge on any atom is 0.322 e. The number of benzene rings is 2. The van der Waals surface area contributed by atoms with Crippen LogP contribution in [0.5, 0.6) is 0 Å². The quantitative estimate of drug-likeness (QED) is 0.919. The van der Waals surface area contributed by atoms with Crippen molar-refractivity contribution >= 4 is 17.5 Å². The van der Waals surface area contributed by atoms with Crippen molar-refractivity contribution in [1.29, 1.82) is 0 Å². The SMILES string of the molecule is O=C1CCN(C(=O)Nc2ccccc2)C(c2ccccc2)C1. The van der Waals surface area contributed by atoms with E-state index in [9.17, 15) is 9.59 Å². The summed E-state index contributed by atoms with van der Waals surface area (Å²) in [5.41, 5.74) is 1.76. The summed E-state index contributed by atoms with van der Waals surface area (Å²) in [4.78, 5) is 26.1. The zero-order valence-electron chi connectivity index (χ0n) is 12.2. The predicted octanol–water partition coefficient (Wildman–Crippen LogP) is 3.62. The van der Waals surface area contributed by atoms with Crippen molar-refractivity contribution in [1.82, 2.24) is 4.90 Å². The first-order valence-corrected chi connectivity index (χ1v) is 7.43. The van der Waals surface area contributed by atoms with Crippen LogP contribution in [-0.4, -0.2) is 23.3 Å². The van der Waals surface area contributed by atoms with Gasteiger partial charge in [-0.3, -0.25) is 4.79 Å². The molecule has 0 bridgehead atoms. The number of nitrogens with one attached hydrogen (secondary N) is 1. The molecule has 2 aromatic rings. The standard InChI is InChI=1S/C18H18N2O2/c21-16-11-12-20(17(13-16)14-7-3-1-4-8-14)18(22)19-15-9-5-2-6-10-15/h1-10,17H,11-13H2,(H,19,22). The molecule has 4 nitrogen and oxygen atoms in total. The Morgan fingerprint density at radius 1 is 1.00 bits per heavy atom. The number of carbonyl (C=O) groups is 2. The fourth-order valence-corrected chi connectivity index (χ4v) is 2.76. The van der Waals surface area contributed by atoms with Crippen LogP contribution in [0.3, 0.4) is 0 Å². The normalized spacial score (nSPS) is 18.1. The van der Waals surface area contributed by atoms with Crippen LogP contribution in [0, 0.1) is 0 Å². The second-order valence-corrected chi connectivity index (χ2v) is 5.41. The number of nitrogens with zero attached hydrogens (tertiary/aromatic N) is 1. The fraction of sp³-hybridized carbons (Fsp3) is 0.222. The summed E-state index contributed by atoms with van der Waals surface area (Å²) in [6.45, 7) is 0.455. The van der Waals surface area contributed by atoms with Gasteiger partial charge in [0.25, 0.3) is 0 Å². The molecule has 2 aromatic carbocycles. The Labute approximate surface area is 129 Å². The maximum absolute atomic E-state index is 12.6. The lowest BCUT2D eigenvalue weighted by atomic mass is 9.95. The van der Waals surface area contributed by atoms with E-state index < -0.39 is 0 Å². The summed E-state index contributed by atoms with van der Waals surface area (Å²) >= 11 is 0. The molecule has 4 heteroatoms. The molecule has 2 amide bonds. The molecule has 1 fully saturated rings. The zero-order valence-corrected chi connectivity index (χ0v) is 12.2. The summed E-state index contributed by atoms with van der Waals surface area (Å²) < 4.78 is 0. The van der Waals surface area contributed by atoms with E-state index in [0.717, 1.165) is 11.3 Å². The van der Waals surface area contributed by atoms with Crippen molar-refractivity contribution in [3.63, 3.8) is 0 Å². The number of likely N-dealkylation sites (tertiary alicyclic amines) is 1. The topological polar surface area (TPSA) is 49.4 Å². The van der Waals surface area contributed by atoms with Crippen molar-refractivity contribution in [2.75, 3.05) is 11.9 Å². The molecule has 1 aliphatic heterocycles. The average molecular weight is 294 g/mol. The number of carbonyl (C=O) groups excluding carboxylic acids is 2.